The lowest BCUT2D eigenvalue weighted by Crippen LogP contribution is -2.27. The molecule has 0 saturated heterocycles. The molecule has 0 aromatic carbocycles. The highest BCUT2D eigenvalue weighted by molar-refractivity contribution is 5.71. The fraction of sp³-hybridized carbons (Fsp3) is 0.583. The molecule has 1 aromatic rings. The van der Waals surface area contributed by atoms with Crippen molar-refractivity contribution in [1.82, 2.24) is 9.97 Å². The summed E-state index contributed by atoms with van der Waals surface area (Å²) in [6.07, 6.45) is 2.33. The summed E-state index contributed by atoms with van der Waals surface area (Å²) in [4.78, 5) is 19.2. The van der Waals surface area contributed by atoms with Crippen LogP contribution in [0.15, 0.2) is 12.4 Å². The van der Waals surface area contributed by atoms with Crippen LogP contribution in [0.4, 0.5) is 5.82 Å². The van der Waals surface area contributed by atoms with E-state index in [1.807, 2.05) is 26.8 Å². The van der Waals surface area contributed by atoms with Crippen LogP contribution in [0.3, 0.4) is 0 Å². The first kappa shape index (κ1) is 13.4. The minimum atomic E-state index is -0.780. The Bertz CT molecular complexity index is 380. The number of carboxylic acid groups (broad SMARTS) is 1. The average Bonchev–Trinajstić information content (AvgIpc) is 2.28. The van der Waals surface area contributed by atoms with Crippen LogP contribution in [0, 0.1) is 11.8 Å². The normalized spacial score (nSPS) is 12.5. The molecule has 0 fully saturated rings. The van der Waals surface area contributed by atoms with Gasteiger partial charge in [0.1, 0.15) is 12.1 Å². The summed E-state index contributed by atoms with van der Waals surface area (Å²) in [7, 11) is 0. The topological polar surface area (TPSA) is 75.1 Å². The summed E-state index contributed by atoms with van der Waals surface area (Å²) in [5.74, 6) is -0.413. The number of anilines is 1. The van der Waals surface area contributed by atoms with Crippen LogP contribution in [-0.4, -0.2) is 27.6 Å². The van der Waals surface area contributed by atoms with Gasteiger partial charge < -0.3 is 10.4 Å². The number of carbonyl (C=O) groups is 1. The summed E-state index contributed by atoms with van der Waals surface area (Å²) < 4.78 is 0. The SMILES string of the molecule is CCc1cc(NCC(C(=O)O)C(C)C)ncn1. The van der Waals surface area contributed by atoms with Gasteiger partial charge in [0.15, 0.2) is 0 Å². The van der Waals surface area contributed by atoms with Crippen LogP contribution in [0.2, 0.25) is 0 Å². The minimum Gasteiger partial charge on any atom is -0.481 e. The monoisotopic (exact) mass is 237 g/mol. The third-order valence-corrected chi connectivity index (χ3v) is 2.71. The molecule has 1 unspecified atom stereocenters. The summed E-state index contributed by atoms with van der Waals surface area (Å²) >= 11 is 0. The van der Waals surface area contributed by atoms with E-state index in [4.69, 9.17) is 5.11 Å². The van der Waals surface area contributed by atoms with Crippen LogP contribution in [0.1, 0.15) is 26.5 Å². The molecule has 5 heteroatoms. The van der Waals surface area contributed by atoms with E-state index in [0.29, 0.717) is 12.4 Å². The predicted molar refractivity (Wildman–Crippen MR) is 65.9 cm³/mol. The van der Waals surface area contributed by atoms with Crippen molar-refractivity contribution in [2.45, 2.75) is 27.2 Å². The molecule has 1 atom stereocenters. The van der Waals surface area contributed by atoms with E-state index in [0.717, 1.165) is 12.1 Å². The first-order valence-electron chi connectivity index (χ1n) is 5.82. The van der Waals surface area contributed by atoms with E-state index in [2.05, 4.69) is 15.3 Å². The van der Waals surface area contributed by atoms with Gasteiger partial charge in [-0.25, -0.2) is 9.97 Å². The van der Waals surface area contributed by atoms with Crippen LogP contribution < -0.4 is 5.32 Å². The largest absolute Gasteiger partial charge is 0.481 e. The second-order valence-corrected chi connectivity index (χ2v) is 4.32. The molecule has 2 N–H and O–H groups in total. The lowest BCUT2D eigenvalue weighted by Gasteiger charge is -2.17. The molecule has 17 heavy (non-hydrogen) atoms. The van der Waals surface area contributed by atoms with Crippen molar-refractivity contribution in [3.8, 4) is 0 Å². The molecule has 0 saturated carbocycles. The fourth-order valence-corrected chi connectivity index (χ4v) is 1.51. The van der Waals surface area contributed by atoms with Crippen molar-refractivity contribution in [1.29, 1.82) is 0 Å². The zero-order valence-corrected chi connectivity index (χ0v) is 10.5. The van der Waals surface area contributed by atoms with Crippen molar-refractivity contribution in [3.05, 3.63) is 18.1 Å². The summed E-state index contributed by atoms with van der Waals surface area (Å²) in [6.45, 7) is 6.20. The third-order valence-electron chi connectivity index (χ3n) is 2.71. The molecule has 1 aromatic heterocycles. The second kappa shape index (κ2) is 6.18. The number of nitrogens with one attached hydrogen (secondary N) is 1. The molecule has 0 amide bonds. The van der Waals surface area contributed by atoms with Gasteiger partial charge in [-0.15, -0.1) is 0 Å². The fourth-order valence-electron chi connectivity index (χ4n) is 1.51. The summed E-state index contributed by atoms with van der Waals surface area (Å²) in [5, 5.41) is 12.1. The van der Waals surface area contributed by atoms with Gasteiger partial charge in [0.2, 0.25) is 0 Å². The van der Waals surface area contributed by atoms with Crippen molar-refractivity contribution >= 4 is 11.8 Å². The molecule has 1 rings (SSSR count). The smallest absolute Gasteiger partial charge is 0.308 e. The molecular formula is C12H19N3O2. The lowest BCUT2D eigenvalue weighted by molar-refractivity contribution is -0.142. The molecule has 0 aliphatic heterocycles. The summed E-state index contributed by atoms with van der Waals surface area (Å²) in [5.41, 5.74) is 0.943. The van der Waals surface area contributed by atoms with Crippen LogP contribution in [-0.2, 0) is 11.2 Å². The van der Waals surface area contributed by atoms with Gasteiger partial charge in [0, 0.05) is 18.3 Å². The number of hydrogen-bond donors (Lipinski definition) is 2. The Kier molecular flexibility index (Phi) is 4.87. The Labute approximate surface area is 101 Å². The zero-order chi connectivity index (χ0) is 12.8. The lowest BCUT2D eigenvalue weighted by atomic mass is 9.96. The van der Waals surface area contributed by atoms with E-state index in [-0.39, 0.29) is 5.92 Å². The molecular weight excluding hydrogens is 218 g/mol. The Morgan fingerprint density at radius 3 is 2.71 bits per heavy atom. The van der Waals surface area contributed by atoms with Gasteiger partial charge in [0.25, 0.3) is 0 Å². The third kappa shape index (κ3) is 4.01. The van der Waals surface area contributed by atoms with E-state index in [9.17, 15) is 4.79 Å². The Morgan fingerprint density at radius 2 is 2.18 bits per heavy atom. The predicted octanol–water partition coefficient (Wildman–Crippen LogP) is 1.81. The van der Waals surface area contributed by atoms with E-state index in [1.54, 1.807) is 0 Å². The maximum absolute atomic E-state index is 11.0. The number of aryl methyl sites for hydroxylation is 1. The molecule has 94 valence electrons. The average molecular weight is 237 g/mol. The van der Waals surface area contributed by atoms with Crippen LogP contribution in [0.25, 0.3) is 0 Å². The minimum absolute atomic E-state index is 0.0903. The summed E-state index contributed by atoms with van der Waals surface area (Å²) in [6, 6.07) is 1.85. The maximum Gasteiger partial charge on any atom is 0.308 e. The maximum atomic E-state index is 11.0. The highest BCUT2D eigenvalue weighted by Crippen LogP contribution is 2.12. The van der Waals surface area contributed by atoms with Gasteiger partial charge in [0.05, 0.1) is 5.92 Å². The molecule has 0 aliphatic carbocycles. The Morgan fingerprint density at radius 1 is 1.47 bits per heavy atom. The van der Waals surface area contributed by atoms with E-state index in [1.165, 1.54) is 6.33 Å². The number of carboxylic acids is 1. The first-order chi connectivity index (χ1) is 8.04. The Balaban J connectivity index is 2.62. The molecule has 0 spiro atoms. The van der Waals surface area contributed by atoms with Gasteiger partial charge in [-0.05, 0) is 12.3 Å². The van der Waals surface area contributed by atoms with Crippen molar-refractivity contribution < 1.29 is 9.90 Å². The van der Waals surface area contributed by atoms with Crippen molar-refractivity contribution in [2.24, 2.45) is 11.8 Å². The van der Waals surface area contributed by atoms with Gasteiger partial charge >= 0.3 is 5.97 Å². The number of aromatic nitrogens is 2. The van der Waals surface area contributed by atoms with Crippen LogP contribution >= 0.6 is 0 Å². The second-order valence-electron chi connectivity index (χ2n) is 4.32. The molecule has 0 radical (unpaired) electrons. The van der Waals surface area contributed by atoms with Crippen LogP contribution in [0.5, 0.6) is 0 Å². The van der Waals surface area contributed by atoms with Gasteiger partial charge in [-0.1, -0.05) is 20.8 Å². The molecule has 0 bridgehead atoms. The highest BCUT2D eigenvalue weighted by atomic mass is 16.4. The molecule has 1 heterocycles. The molecule has 5 nitrogen and oxygen atoms in total. The number of nitrogens with zero attached hydrogens (tertiary/aromatic N) is 2. The quantitative estimate of drug-likeness (QED) is 0.789. The zero-order valence-electron chi connectivity index (χ0n) is 10.5. The number of rotatable bonds is 6. The standard InChI is InChI=1S/C12H19N3O2/c1-4-9-5-11(15-7-14-9)13-6-10(8(2)3)12(16)17/h5,7-8,10H,4,6H2,1-3H3,(H,16,17)(H,13,14,15). The molecule has 0 aliphatic rings. The number of aliphatic carboxylic acids is 1. The van der Waals surface area contributed by atoms with Gasteiger partial charge in [-0.3, -0.25) is 4.79 Å². The highest BCUT2D eigenvalue weighted by Gasteiger charge is 2.21. The first-order valence-corrected chi connectivity index (χ1v) is 5.82. The van der Waals surface area contributed by atoms with E-state index >= 15 is 0 Å². The van der Waals surface area contributed by atoms with Crippen molar-refractivity contribution in [2.75, 3.05) is 11.9 Å². The number of hydrogen-bond acceptors (Lipinski definition) is 4. The Hall–Kier alpha value is -1.65. The van der Waals surface area contributed by atoms with Gasteiger partial charge in [-0.2, -0.15) is 0 Å². The van der Waals surface area contributed by atoms with Crippen molar-refractivity contribution in [3.63, 3.8) is 0 Å². The van der Waals surface area contributed by atoms with E-state index < -0.39 is 11.9 Å².